The Balaban J connectivity index is 1.93. The fourth-order valence-corrected chi connectivity index (χ4v) is 3.04. The highest BCUT2D eigenvalue weighted by atomic mass is 79.9. The van der Waals surface area contributed by atoms with E-state index in [-0.39, 0.29) is 23.6 Å². The molecule has 116 valence electrons. The van der Waals surface area contributed by atoms with Crippen molar-refractivity contribution in [1.82, 2.24) is 4.57 Å². The van der Waals surface area contributed by atoms with Gasteiger partial charge in [-0.2, -0.15) is 0 Å². The Bertz CT molecular complexity index is 561. The molecule has 1 aliphatic carbocycles. The molecule has 0 N–H and O–H groups in total. The summed E-state index contributed by atoms with van der Waals surface area (Å²) >= 11 is 3.40. The third-order valence-corrected chi connectivity index (χ3v) is 4.33. The summed E-state index contributed by atoms with van der Waals surface area (Å²) in [6, 6.07) is 1.49. The van der Waals surface area contributed by atoms with Gasteiger partial charge in [-0.15, -0.1) is 0 Å². The number of halogens is 1. The summed E-state index contributed by atoms with van der Waals surface area (Å²) < 4.78 is 13.2. The Labute approximate surface area is 132 Å². The molecule has 1 aliphatic rings. The van der Waals surface area contributed by atoms with Crippen LogP contribution in [0.2, 0.25) is 0 Å². The lowest BCUT2D eigenvalue weighted by molar-refractivity contribution is -0.149. The fourth-order valence-electron chi connectivity index (χ4n) is 2.53. The molecule has 0 saturated heterocycles. The topological polar surface area (TPSA) is 57.5 Å². The van der Waals surface area contributed by atoms with E-state index in [9.17, 15) is 9.59 Å². The maximum atomic E-state index is 11.7. The van der Waals surface area contributed by atoms with Gasteiger partial charge >= 0.3 is 5.97 Å². The zero-order valence-electron chi connectivity index (χ0n) is 12.3. The van der Waals surface area contributed by atoms with Gasteiger partial charge in [0.1, 0.15) is 5.75 Å². The highest BCUT2D eigenvalue weighted by molar-refractivity contribution is 9.10. The van der Waals surface area contributed by atoms with Crippen LogP contribution in [0.5, 0.6) is 5.75 Å². The van der Waals surface area contributed by atoms with Crippen molar-refractivity contribution in [2.24, 2.45) is 13.0 Å². The van der Waals surface area contributed by atoms with Crippen molar-refractivity contribution < 1.29 is 14.3 Å². The van der Waals surface area contributed by atoms with Gasteiger partial charge in [0.05, 0.1) is 23.1 Å². The number of ether oxygens (including phenoxy) is 2. The number of aryl methyl sites for hydroxylation is 1. The Morgan fingerprint density at radius 2 is 2.05 bits per heavy atom. The van der Waals surface area contributed by atoms with Crippen LogP contribution in [0.1, 0.15) is 32.6 Å². The minimum atomic E-state index is -0.106. The van der Waals surface area contributed by atoms with Gasteiger partial charge in [0, 0.05) is 19.3 Å². The summed E-state index contributed by atoms with van der Waals surface area (Å²) in [4.78, 5) is 23.3. The molecule has 0 amide bonds. The highest BCUT2D eigenvalue weighted by Crippen LogP contribution is 2.30. The van der Waals surface area contributed by atoms with Crippen molar-refractivity contribution in [2.75, 3.05) is 6.61 Å². The van der Waals surface area contributed by atoms with Crippen molar-refractivity contribution in [1.29, 1.82) is 0 Å². The standard InChI is InChI=1S/C15H20BrNO4/c1-3-20-15(19)10-4-6-11(7-5-10)21-13-8-14(18)17(2)9-12(13)16/h8-11H,3-7H2,1-2H3. The first-order valence-electron chi connectivity index (χ1n) is 7.20. The van der Waals surface area contributed by atoms with Crippen LogP contribution in [0.4, 0.5) is 0 Å². The van der Waals surface area contributed by atoms with E-state index in [0.29, 0.717) is 12.4 Å². The number of hydrogen-bond acceptors (Lipinski definition) is 4. The second-order valence-corrected chi connectivity index (χ2v) is 6.13. The van der Waals surface area contributed by atoms with E-state index in [0.717, 1.165) is 30.2 Å². The third kappa shape index (κ3) is 4.09. The number of aromatic nitrogens is 1. The summed E-state index contributed by atoms with van der Waals surface area (Å²) in [5.41, 5.74) is -0.103. The van der Waals surface area contributed by atoms with E-state index in [2.05, 4.69) is 15.9 Å². The molecule has 5 nitrogen and oxygen atoms in total. The maximum absolute atomic E-state index is 11.7. The van der Waals surface area contributed by atoms with E-state index in [1.54, 1.807) is 13.2 Å². The molecule has 0 bridgehead atoms. The molecule has 6 heteroatoms. The van der Waals surface area contributed by atoms with Crippen LogP contribution in [0.3, 0.4) is 0 Å². The Hall–Kier alpha value is -1.30. The van der Waals surface area contributed by atoms with Gasteiger partial charge in [0.15, 0.2) is 0 Å². The molecular weight excluding hydrogens is 338 g/mol. The van der Waals surface area contributed by atoms with E-state index in [1.807, 2.05) is 6.92 Å². The molecule has 0 radical (unpaired) electrons. The predicted molar refractivity (Wildman–Crippen MR) is 82.4 cm³/mol. The molecule has 1 aromatic rings. The number of pyridine rings is 1. The summed E-state index contributed by atoms with van der Waals surface area (Å²) in [7, 11) is 1.70. The number of carbonyl (C=O) groups is 1. The fraction of sp³-hybridized carbons (Fsp3) is 0.600. The lowest BCUT2D eigenvalue weighted by Crippen LogP contribution is -2.29. The van der Waals surface area contributed by atoms with Crippen LogP contribution in [-0.4, -0.2) is 23.2 Å². The molecule has 21 heavy (non-hydrogen) atoms. The molecule has 2 rings (SSSR count). The van der Waals surface area contributed by atoms with Gasteiger partial charge < -0.3 is 14.0 Å². The van der Waals surface area contributed by atoms with Crippen molar-refractivity contribution >= 4 is 21.9 Å². The lowest BCUT2D eigenvalue weighted by Gasteiger charge is -2.28. The van der Waals surface area contributed by atoms with Crippen LogP contribution >= 0.6 is 15.9 Å². The van der Waals surface area contributed by atoms with Crippen LogP contribution in [0, 0.1) is 5.92 Å². The second-order valence-electron chi connectivity index (χ2n) is 5.28. The van der Waals surface area contributed by atoms with E-state index < -0.39 is 0 Å². The van der Waals surface area contributed by atoms with E-state index >= 15 is 0 Å². The molecular formula is C15H20BrNO4. The number of rotatable bonds is 4. The van der Waals surface area contributed by atoms with Gasteiger partial charge in [-0.1, -0.05) is 0 Å². The molecule has 0 aromatic carbocycles. The zero-order valence-corrected chi connectivity index (χ0v) is 13.9. The van der Waals surface area contributed by atoms with E-state index in [4.69, 9.17) is 9.47 Å². The minimum absolute atomic E-state index is 0.0168. The lowest BCUT2D eigenvalue weighted by atomic mass is 9.87. The van der Waals surface area contributed by atoms with Crippen molar-refractivity contribution in [3.8, 4) is 5.75 Å². The second kappa shape index (κ2) is 7.11. The third-order valence-electron chi connectivity index (χ3n) is 3.73. The van der Waals surface area contributed by atoms with Crippen LogP contribution < -0.4 is 10.3 Å². The van der Waals surface area contributed by atoms with Gasteiger partial charge in [-0.3, -0.25) is 9.59 Å². The van der Waals surface area contributed by atoms with Crippen LogP contribution in [-0.2, 0) is 16.6 Å². The van der Waals surface area contributed by atoms with Crippen LogP contribution in [0.15, 0.2) is 21.5 Å². The SMILES string of the molecule is CCOC(=O)C1CCC(Oc2cc(=O)n(C)cc2Br)CC1. The van der Waals surface area contributed by atoms with Gasteiger partial charge in [0.2, 0.25) is 0 Å². The maximum Gasteiger partial charge on any atom is 0.308 e. The largest absolute Gasteiger partial charge is 0.489 e. The molecule has 0 unspecified atom stereocenters. The highest BCUT2D eigenvalue weighted by Gasteiger charge is 2.28. The van der Waals surface area contributed by atoms with Gasteiger partial charge in [0.25, 0.3) is 5.56 Å². The van der Waals surface area contributed by atoms with Crippen molar-refractivity contribution in [3.05, 3.63) is 27.1 Å². The smallest absolute Gasteiger partial charge is 0.308 e. The summed E-state index contributed by atoms with van der Waals surface area (Å²) in [5, 5.41) is 0. The molecule has 0 atom stereocenters. The predicted octanol–water partition coefficient (Wildman–Crippen LogP) is 2.65. The number of esters is 1. The Kier molecular flexibility index (Phi) is 5.45. The zero-order chi connectivity index (χ0) is 15.4. The van der Waals surface area contributed by atoms with Gasteiger partial charge in [-0.25, -0.2) is 0 Å². The number of carbonyl (C=O) groups excluding carboxylic acids is 1. The first kappa shape index (κ1) is 16.1. The number of hydrogen-bond donors (Lipinski definition) is 0. The molecule has 1 heterocycles. The summed E-state index contributed by atoms with van der Waals surface area (Å²) in [6.45, 7) is 2.25. The summed E-state index contributed by atoms with van der Waals surface area (Å²) in [5.74, 6) is 0.445. The minimum Gasteiger partial charge on any atom is -0.489 e. The average molecular weight is 358 g/mol. The molecule has 1 fully saturated rings. The molecule has 0 spiro atoms. The molecule has 1 saturated carbocycles. The molecule has 0 aliphatic heterocycles. The van der Waals surface area contributed by atoms with E-state index in [1.165, 1.54) is 10.6 Å². The first-order chi connectivity index (χ1) is 10.0. The van der Waals surface area contributed by atoms with Crippen LogP contribution in [0.25, 0.3) is 0 Å². The normalized spacial score (nSPS) is 21.9. The number of nitrogens with zero attached hydrogens (tertiary/aromatic N) is 1. The Morgan fingerprint density at radius 3 is 2.67 bits per heavy atom. The van der Waals surface area contributed by atoms with Gasteiger partial charge in [-0.05, 0) is 48.5 Å². The molecule has 1 aromatic heterocycles. The van der Waals surface area contributed by atoms with Crippen molar-refractivity contribution in [3.63, 3.8) is 0 Å². The average Bonchev–Trinajstić information content (AvgIpc) is 2.46. The van der Waals surface area contributed by atoms with Crippen molar-refractivity contribution in [2.45, 2.75) is 38.7 Å². The first-order valence-corrected chi connectivity index (χ1v) is 8.00. The monoisotopic (exact) mass is 357 g/mol. The quantitative estimate of drug-likeness (QED) is 0.777. The Morgan fingerprint density at radius 1 is 1.38 bits per heavy atom. The summed E-state index contributed by atoms with van der Waals surface area (Å²) in [6.07, 6.45) is 4.87.